The number of benzene rings is 2. The molecule has 0 spiro atoms. The van der Waals surface area contributed by atoms with Crippen LogP contribution in [0.1, 0.15) is 56.1 Å². The molecule has 0 saturated carbocycles. The van der Waals surface area contributed by atoms with E-state index in [9.17, 15) is 15.3 Å². The summed E-state index contributed by atoms with van der Waals surface area (Å²) >= 11 is 0. The van der Waals surface area contributed by atoms with Crippen molar-refractivity contribution in [3.63, 3.8) is 0 Å². The van der Waals surface area contributed by atoms with E-state index in [0.29, 0.717) is 30.7 Å². The fraction of sp³-hybridized carbons (Fsp3) is 0.538. The minimum Gasteiger partial charge on any atom is -0.507 e. The van der Waals surface area contributed by atoms with Crippen LogP contribution in [0.15, 0.2) is 36.4 Å². The number of hydrogen-bond acceptors (Lipinski definition) is 5. The minimum absolute atomic E-state index is 0.218. The molecule has 4 atom stereocenters. The van der Waals surface area contributed by atoms with Gasteiger partial charge in [-0.15, -0.1) is 0 Å². The summed E-state index contributed by atoms with van der Waals surface area (Å²) in [4.78, 5) is 0. The van der Waals surface area contributed by atoms with Crippen molar-refractivity contribution in [2.75, 3.05) is 7.11 Å². The van der Waals surface area contributed by atoms with Crippen molar-refractivity contribution in [2.24, 2.45) is 0 Å². The van der Waals surface area contributed by atoms with Gasteiger partial charge in [0.1, 0.15) is 11.5 Å². The number of fused-ring (bicyclic) bond motifs is 7. The van der Waals surface area contributed by atoms with Crippen molar-refractivity contribution in [1.29, 1.82) is 0 Å². The number of rotatable bonds is 1. The van der Waals surface area contributed by atoms with Gasteiger partial charge in [-0.05, 0) is 86.8 Å². The van der Waals surface area contributed by atoms with Crippen LogP contribution in [0.4, 0.5) is 0 Å². The third-order valence-corrected chi connectivity index (χ3v) is 6.84. The van der Waals surface area contributed by atoms with Gasteiger partial charge in [0, 0.05) is 23.2 Å². The smallest absolute Gasteiger partial charge is 0.126 e. The Balaban J connectivity index is 1.66. The van der Waals surface area contributed by atoms with Gasteiger partial charge in [0.05, 0.1) is 19.3 Å². The Morgan fingerprint density at radius 1 is 0.806 bits per heavy atom. The van der Waals surface area contributed by atoms with E-state index in [1.807, 2.05) is 24.3 Å². The number of aliphatic hydroxyl groups is 2. The number of methoxy groups -OCH3 is 1. The Kier molecular flexibility index (Phi) is 7.16. The molecule has 2 aliphatic rings. The molecule has 6 bridgehead atoms. The highest BCUT2D eigenvalue weighted by atomic mass is 16.5. The Morgan fingerprint density at radius 3 is 2.00 bits per heavy atom. The van der Waals surface area contributed by atoms with Gasteiger partial charge in [-0.1, -0.05) is 18.6 Å². The lowest BCUT2D eigenvalue weighted by Crippen LogP contribution is -2.45. The predicted octanol–water partition coefficient (Wildman–Crippen LogP) is 3.96. The van der Waals surface area contributed by atoms with Crippen LogP contribution in [0.2, 0.25) is 0 Å². The number of hydrogen-bond donors (Lipinski definition) is 4. The fourth-order valence-corrected chi connectivity index (χ4v) is 5.12. The highest BCUT2D eigenvalue weighted by molar-refractivity contribution is 5.76. The fourth-order valence-electron chi connectivity index (χ4n) is 5.12. The van der Waals surface area contributed by atoms with Crippen LogP contribution < -0.4 is 10.1 Å². The molecule has 5 nitrogen and oxygen atoms in total. The quantitative estimate of drug-likeness (QED) is 0.556. The van der Waals surface area contributed by atoms with Crippen LogP contribution in [0.25, 0.3) is 11.1 Å². The molecule has 1 fully saturated rings. The maximum absolute atomic E-state index is 10.7. The Hall–Kier alpha value is -2.08. The lowest BCUT2D eigenvalue weighted by atomic mass is 9.90. The summed E-state index contributed by atoms with van der Waals surface area (Å²) in [5.74, 6) is 0.934. The van der Waals surface area contributed by atoms with Gasteiger partial charge in [-0.2, -0.15) is 0 Å². The highest BCUT2D eigenvalue weighted by Crippen LogP contribution is 2.38. The summed E-state index contributed by atoms with van der Waals surface area (Å²) in [6.45, 7) is 0. The number of ether oxygens (including phenoxy) is 1. The molecule has 0 radical (unpaired) electrons. The Bertz CT molecular complexity index is 884. The molecule has 4 N–H and O–H groups in total. The molecule has 0 aromatic heterocycles. The third kappa shape index (κ3) is 5.59. The largest absolute Gasteiger partial charge is 0.507 e. The zero-order valence-electron chi connectivity index (χ0n) is 18.4. The normalized spacial score (nSPS) is 27.3. The van der Waals surface area contributed by atoms with E-state index in [4.69, 9.17) is 4.74 Å². The van der Waals surface area contributed by atoms with Crippen molar-refractivity contribution in [3.8, 4) is 22.6 Å². The maximum Gasteiger partial charge on any atom is 0.126 e. The molecule has 31 heavy (non-hydrogen) atoms. The standard InChI is InChI=1S/C26H35NO4/c1-31-26-12-8-18-6-10-22(29)16-20-4-2-3-19(27-20)15-21(28)9-5-17-7-11-25(30)23(13-17)24(26)14-18/h7-8,11-14,19-22,27-30H,2-6,9-10,15-16H2,1H3/t19-,20-,21+,22+/m1/s1. The van der Waals surface area contributed by atoms with Crippen LogP contribution in [-0.4, -0.2) is 46.7 Å². The number of aryl methyl sites for hydroxylation is 2. The highest BCUT2D eigenvalue weighted by Gasteiger charge is 2.25. The first-order chi connectivity index (χ1) is 15.0. The van der Waals surface area contributed by atoms with E-state index < -0.39 is 0 Å². The number of piperidine rings is 1. The second kappa shape index (κ2) is 10.0. The monoisotopic (exact) mass is 425 g/mol. The van der Waals surface area contributed by atoms with Crippen molar-refractivity contribution >= 4 is 0 Å². The molecule has 2 heterocycles. The zero-order valence-corrected chi connectivity index (χ0v) is 18.4. The summed E-state index contributed by atoms with van der Waals surface area (Å²) in [5.41, 5.74) is 3.81. The zero-order chi connectivity index (χ0) is 21.8. The first-order valence-corrected chi connectivity index (χ1v) is 11.6. The number of phenols is 1. The second-order valence-electron chi connectivity index (χ2n) is 9.23. The SMILES string of the molecule is COc1ccc2cc1-c1cc(ccc1O)CC[C@H](O)C[C@H]1CCC[C@H](C[C@@H](O)CC2)N1. The summed E-state index contributed by atoms with van der Waals surface area (Å²) in [5, 5.41) is 35.6. The minimum atomic E-state index is -0.369. The summed E-state index contributed by atoms with van der Waals surface area (Å²) in [7, 11) is 1.64. The summed E-state index contributed by atoms with van der Waals surface area (Å²) in [6, 6.07) is 12.3. The summed E-state index contributed by atoms with van der Waals surface area (Å²) < 4.78 is 5.58. The van der Waals surface area contributed by atoms with Gasteiger partial charge in [0.15, 0.2) is 0 Å². The molecule has 2 aromatic carbocycles. The molecule has 5 heteroatoms. The summed E-state index contributed by atoms with van der Waals surface area (Å²) in [6.07, 6.45) is 6.98. The number of aromatic hydroxyl groups is 1. The van der Waals surface area contributed by atoms with E-state index in [2.05, 4.69) is 11.4 Å². The first-order valence-electron chi connectivity index (χ1n) is 11.6. The lowest BCUT2D eigenvalue weighted by molar-refractivity contribution is 0.108. The van der Waals surface area contributed by atoms with Gasteiger partial charge in [0.25, 0.3) is 0 Å². The molecular weight excluding hydrogens is 390 g/mol. The van der Waals surface area contributed by atoms with Crippen molar-refractivity contribution < 1.29 is 20.1 Å². The van der Waals surface area contributed by atoms with E-state index in [1.54, 1.807) is 13.2 Å². The molecule has 1 saturated heterocycles. The van der Waals surface area contributed by atoms with E-state index in [1.165, 1.54) is 0 Å². The number of phenolic OH excluding ortho intramolecular Hbond substituents is 1. The van der Waals surface area contributed by atoms with Crippen LogP contribution in [0.3, 0.4) is 0 Å². The van der Waals surface area contributed by atoms with Crippen LogP contribution in [-0.2, 0) is 12.8 Å². The Labute approximate surface area is 185 Å². The van der Waals surface area contributed by atoms with Gasteiger partial charge < -0.3 is 25.4 Å². The van der Waals surface area contributed by atoms with E-state index >= 15 is 0 Å². The average molecular weight is 426 g/mol. The first kappa shape index (κ1) is 22.1. The van der Waals surface area contributed by atoms with E-state index in [-0.39, 0.29) is 18.0 Å². The van der Waals surface area contributed by atoms with Gasteiger partial charge in [-0.25, -0.2) is 0 Å². The van der Waals surface area contributed by atoms with Gasteiger partial charge in [0.2, 0.25) is 0 Å². The molecule has 0 unspecified atom stereocenters. The third-order valence-electron chi connectivity index (χ3n) is 6.84. The van der Waals surface area contributed by atoms with Crippen LogP contribution in [0, 0.1) is 0 Å². The second-order valence-corrected chi connectivity index (χ2v) is 9.23. The molecule has 4 rings (SSSR count). The average Bonchev–Trinajstić information content (AvgIpc) is 2.76. The van der Waals surface area contributed by atoms with E-state index in [0.717, 1.165) is 67.2 Å². The number of nitrogens with one attached hydrogen (secondary N) is 1. The molecule has 0 amide bonds. The lowest BCUT2D eigenvalue weighted by Gasteiger charge is -2.33. The van der Waals surface area contributed by atoms with Gasteiger partial charge in [-0.3, -0.25) is 0 Å². The van der Waals surface area contributed by atoms with Gasteiger partial charge >= 0.3 is 0 Å². The van der Waals surface area contributed by atoms with Crippen molar-refractivity contribution in [1.82, 2.24) is 5.32 Å². The number of aliphatic hydroxyl groups excluding tert-OH is 2. The Morgan fingerprint density at radius 2 is 1.39 bits per heavy atom. The molecular formula is C26H35NO4. The van der Waals surface area contributed by atoms with Crippen molar-refractivity contribution in [2.45, 2.75) is 82.1 Å². The molecule has 2 aromatic rings. The predicted molar refractivity (Wildman–Crippen MR) is 123 cm³/mol. The maximum atomic E-state index is 10.7. The molecule has 2 aliphatic heterocycles. The molecule has 168 valence electrons. The van der Waals surface area contributed by atoms with Crippen LogP contribution >= 0.6 is 0 Å². The van der Waals surface area contributed by atoms with Crippen molar-refractivity contribution in [3.05, 3.63) is 47.5 Å². The molecule has 0 aliphatic carbocycles. The topological polar surface area (TPSA) is 82.0 Å². The van der Waals surface area contributed by atoms with Crippen LogP contribution in [0.5, 0.6) is 11.5 Å².